The molecular formula is C19H24ClN3O6S. The number of amides is 1. The number of carboxylic acid groups (broad SMARTS) is 1. The van der Waals surface area contributed by atoms with Crippen molar-refractivity contribution in [3.8, 4) is 5.75 Å². The number of rotatable bonds is 10. The molecule has 1 amide bonds. The van der Waals surface area contributed by atoms with E-state index in [4.69, 9.17) is 10.5 Å². The molecule has 164 valence electrons. The molecule has 0 spiro atoms. The van der Waals surface area contributed by atoms with Gasteiger partial charge in [-0.15, -0.1) is 12.4 Å². The van der Waals surface area contributed by atoms with Crippen LogP contribution >= 0.6 is 12.4 Å². The number of sulfonamides is 1. The molecule has 0 saturated heterocycles. The molecular weight excluding hydrogens is 434 g/mol. The number of halogens is 1. The van der Waals surface area contributed by atoms with Gasteiger partial charge in [0.05, 0.1) is 4.90 Å². The number of carbonyl (C=O) groups is 2. The van der Waals surface area contributed by atoms with Gasteiger partial charge in [-0.3, -0.25) is 9.59 Å². The second-order valence-electron chi connectivity index (χ2n) is 6.35. The molecule has 0 radical (unpaired) electrons. The molecule has 2 rings (SSSR count). The summed E-state index contributed by atoms with van der Waals surface area (Å²) in [6, 6.07) is 11.9. The van der Waals surface area contributed by atoms with Crippen LogP contribution < -0.4 is 20.5 Å². The van der Waals surface area contributed by atoms with Crippen LogP contribution in [0.1, 0.15) is 17.3 Å². The number of carbonyl (C=O) groups excluding carboxylic acids is 1. The first-order chi connectivity index (χ1) is 13.7. The highest BCUT2D eigenvalue weighted by Crippen LogP contribution is 2.12. The summed E-state index contributed by atoms with van der Waals surface area (Å²) in [5.74, 6) is -1.42. The van der Waals surface area contributed by atoms with Gasteiger partial charge in [-0.25, -0.2) is 8.42 Å². The normalized spacial score (nSPS) is 12.9. The molecule has 0 fully saturated rings. The van der Waals surface area contributed by atoms with Crippen molar-refractivity contribution in [1.82, 2.24) is 10.0 Å². The predicted molar refractivity (Wildman–Crippen MR) is 113 cm³/mol. The minimum absolute atomic E-state index is 0. The number of ether oxygens (including phenoxy) is 1. The lowest BCUT2D eigenvalue weighted by Gasteiger charge is -2.16. The zero-order valence-electron chi connectivity index (χ0n) is 16.1. The van der Waals surface area contributed by atoms with Crippen molar-refractivity contribution < 1.29 is 27.9 Å². The summed E-state index contributed by atoms with van der Waals surface area (Å²) in [7, 11) is -4.04. The quantitative estimate of drug-likeness (QED) is 0.416. The van der Waals surface area contributed by atoms with E-state index < -0.39 is 34.5 Å². The van der Waals surface area contributed by atoms with Crippen molar-refractivity contribution in [3.63, 3.8) is 0 Å². The first-order valence-electron chi connectivity index (χ1n) is 8.76. The Balaban J connectivity index is 0.00000450. The highest BCUT2D eigenvalue weighted by molar-refractivity contribution is 7.89. The van der Waals surface area contributed by atoms with Crippen LogP contribution in [0.5, 0.6) is 5.75 Å². The highest BCUT2D eigenvalue weighted by atomic mass is 35.5. The predicted octanol–water partition coefficient (Wildman–Crippen LogP) is 0.996. The van der Waals surface area contributed by atoms with Crippen molar-refractivity contribution in [2.75, 3.05) is 13.2 Å². The molecule has 0 heterocycles. The maximum Gasteiger partial charge on any atom is 0.323 e. The third-order valence-electron chi connectivity index (χ3n) is 3.75. The molecule has 0 bridgehead atoms. The standard InChI is InChI=1S/C19H23N3O6S.ClH/c1-13(20)12-28-15-9-7-14(8-10-15)18(23)21-11-17(19(24)25)22-29(26,27)16-5-3-2-4-6-16;/h2-10,13,17,22H,11-12,20H2,1H3,(H,21,23)(H,24,25);1H/t13-,17-;/m0./s1. The van der Waals surface area contributed by atoms with Crippen LogP contribution in [0, 0.1) is 0 Å². The fourth-order valence-corrected chi connectivity index (χ4v) is 3.47. The van der Waals surface area contributed by atoms with Crippen molar-refractivity contribution in [2.45, 2.75) is 23.9 Å². The number of nitrogens with one attached hydrogen (secondary N) is 2. The summed E-state index contributed by atoms with van der Waals surface area (Å²) >= 11 is 0. The van der Waals surface area contributed by atoms with Gasteiger partial charge < -0.3 is 20.9 Å². The van der Waals surface area contributed by atoms with Crippen LogP contribution in [0.4, 0.5) is 0 Å². The molecule has 9 nitrogen and oxygen atoms in total. The van der Waals surface area contributed by atoms with Crippen molar-refractivity contribution >= 4 is 34.3 Å². The zero-order chi connectivity index (χ0) is 21.4. The lowest BCUT2D eigenvalue weighted by molar-refractivity contribution is -0.138. The molecule has 2 aromatic rings. The van der Waals surface area contributed by atoms with E-state index >= 15 is 0 Å². The van der Waals surface area contributed by atoms with E-state index in [1.807, 2.05) is 0 Å². The topological polar surface area (TPSA) is 148 Å². The van der Waals surface area contributed by atoms with E-state index in [0.29, 0.717) is 12.4 Å². The van der Waals surface area contributed by atoms with E-state index in [-0.39, 0.29) is 28.9 Å². The SMILES string of the molecule is C[C@H](N)COc1ccc(C(=O)NC[C@H](NS(=O)(=O)c2ccccc2)C(=O)O)cc1.Cl. The Morgan fingerprint density at radius 3 is 2.23 bits per heavy atom. The molecule has 11 heteroatoms. The summed E-state index contributed by atoms with van der Waals surface area (Å²) in [5.41, 5.74) is 5.88. The first-order valence-corrected chi connectivity index (χ1v) is 10.2. The summed E-state index contributed by atoms with van der Waals surface area (Å²) in [6.07, 6.45) is 0. The molecule has 0 unspecified atom stereocenters. The van der Waals surface area contributed by atoms with Crippen LogP contribution in [-0.4, -0.2) is 50.6 Å². The Hall–Kier alpha value is -2.66. The lowest BCUT2D eigenvalue weighted by atomic mass is 10.2. The van der Waals surface area contributed by atoms with Crippen LogP contribution in [0.2, 0.25) is 0 Å². The molecule has 0 aromatic heterocycles. The third-order valence-corrected chi connectivity index (χ3v) is 5.23. The molecule has 5 N–H and O–H groups in total. The maximum atomic E-state index is 12.3. The van der Waals surface area contributed by atoms with Crippen molar-refractivity contribution in [3.05, 3.63) is 60.2 Å². The Kier molecular flexibility index (Phi) is 9.73. The van der Waals surface area contributed by atoms with E-state index in [0.717, 1.165) is 0 Å². The van der Waals surface area contributed by atoms with Crippen LogP contribution in [0.25, 0.3) is 0 Å². The van der Waals surface area contributed by atoms with Crippen molar-refractivity contribution in [2.24, 2.45) is 5.73 Å². The first kappa shape index (κ1) is 25.4. The zero-order valence-corrected chi connectivity index (χ0v) is 17.8. The Bertz CT molecular complexity index is 937. The summed E-state index contributed by atoms with van der Waals surface area (Å²) in [5, 5.41) is 11.7. The largest absolute Gasteiger partial charge is 0.492 e. The maximum absolute atomic E-state index is 12.3. The summed E-state index contributed by atoms with van der Waals surface area (Å²) < 4.78 is 32.1. The lowest BCUT2D eigenvalue weighted by Crippen LogP contribution is -2.48. The molecule has 2 aromatic carbocycles. The highest BCUT2D eigenvalue weighted by Gasteiger charge is 2.25. The fraction of sp³-hybridized carbons (Fsp3) is 0.263. The monoisotopic (exact) mass is 457 g/mol. The van der Waals surface area contributed by atoms with E-state index in [1.165, 1.54) is 36.4 Å². The van der Waals surface area contributed by atoms with Gasteiger partial charge in [0.2, 0.25) is 10.0 Å². The number of hydrogen-bond donors (Lipinski definition) is 4. The Labute approximate surface area is 181 Å². The van der Waals surface area contributed by atoms with Gasteiger partial charge in [-0.1, -0.05) is 18.2 Å². The van der Waals surface area contributed by atoms with Gasteiger partial charge in [0.1, 0.15) is 18.4 Å². The smallest absolute Gasteiger partial charge is 0.323 e. The second-order valence-corrected chi connectivity index (χ2v) is 8.06. The molecule has 0 aliphatic heterocycles. The second kappa shape index (κ2) is 11.5. The van der Waals surface area contributed by atoms with Gasteiger partial charge in [-0.05, 0) is 43.3 Å². The molecule has 0 aliphatic rings. The van der Waals surface area contributed by atoms with Gasteiger partial charge >= 0.3 is 5.97 Å². The van der Waals surface area contributed by atoms with Crippen LogP contribution in [-0.2, 0) is 14.8 Å². The van der Waals surface area contributed by atoms with Gasteiger partial charge in [0, 0.05) is 18.2 Å². The van der Waals surface area contributed by atoms with Crippen LogP contribution in [0.15, 0.2) is 59.5 Å². The Morgan fingerprint density at radius 1 is 1.10 bits per heavy atom. The minimum Gasteiger partial charge on any atom is -0.492 e. The van der Waals surface area contributed by atoms with E-state index in [1.54, 1.807) is 25.1 Å². The molecule has 0 saturated carbocycles. The van der Waals surface area contributed by atoms with Gasteiger partial charge in [0.25, 0.3) is 5.91 Å². The molecule has 30 heavy (non-hydrogen) atoms. The number of nitrogens with two attached hydrogens (primary N) is 1. The number of carboxylic acids is 1. The third kappa shape index (κ3) is 7.64. The summed E-state index contributed by atoms with van der Waals surface area (Å²) in [4.78, 5) is 23.6. The van der Waals surface area contributed by atoms with E-state index in [2.05, 4.69) is 10.0 Å². The number of aliphatic carboxylic acids is 1. The number of benzene rings is 2. The van der Waals surface area contributed by atoms with Gasteiger partial charge in [0.15, 0.2) is 0 Å². The fourth-order valence-electron chi connectivity index (χ4n) is 2.26. The number of hydrogen-bond acceptors (Lipinski definition) is 6. The van der Waals surface area contributed by atoms with Gasteiger partial charge in [-0.2, -0.15) is 4.72 Å². The minimum atomic E-state index is -4.04. The molecule has 0 aliphatic carbocycles. The summed E-state index contributed by atoms with van der Waals surface area (Å²) in [6.45, 7) is 1.70. The van der Waals surface area contributed by atoms with Crippen LogP contribution in [0.3, 0.4) is 0 Å². The average molecular weight is 458 g/mol. The van der Waals surface area contributed by atoms with Crippen molar-refractivity contribution in [1.29, 1.82) is 0 Å². The average Bonchev–Trinajstić information content (AvgIpc) is 2.70. The molecule has 2 atom stereocenters. The Morgan fingerprint density at radius 2 is 1.70 bits per heavy atom. The van der Waals surface area contributed by atoms with E-state index in [9.17, 15) is 23.1 Å².